The maximum absolute atomic E-state index is 6.46. The molecular formula is C52H32N4O2. The molecule has 58 heavy (non-hydrogen) atoms. The first-order valence-corrected chi connectivity index (χ1v) is 19.2. The summed E-state index contributed by atoms with van der Waals surface area (Å²) < 4.78 is 12.9. The van der Waals surface area contributed by atoms with E-state index in [0.29, 0.717) is 23.4 Å². The second-order valence-corrected chi connectivity index (χ2v) is 14.3. The van der Waals surface area contributed by atoms with Crippen LogP contribution in [0, 0.1) is 0 Å². The first-order chi connectivity index (χ1) is 28.7. The van der Waals surface area contributed by atoms with E-state index < -0.39 is 0 Å². The highest BCUT2D eigenvalue weighted by Gasteiger charge is 2.19. The van der Waals surface area contributed by atoms with E-state index in [1.807, 2.05) is 103 Å². The van der Waals surface area contributed by atoms with Gasteiger partial charge in [-0.25, -0.2) is 19.9 Å². The Morgan fingerprint density at radius 1 is 0.293 bits per heavy atom. The molecule has 6 nitrogen and oxygen atoms in total. The van der Waals surface area contributed by atoms with Gasteiger partial charge in [0, 0.05) is 33.0 Å². The van der Waals surface area contributed by atoms with E-state index in [1.165, 1.54) is 0 Å². The van der Waals surface area contributed by atoms with Crippen molar-refractivity contribution in [3.63, 3.8) is 0 Å². The smallest absolute Gasteiger partial charge is 0.227 e. The van der Waals surface area contributed by atoms with Crippen LogP contribution in [0.5, 0.6) is 0 Å². The molecule has 0 radical (unpaired) electrons. The Bertz CT molecular complexity index is 3280. The van der Waals surface area contributed by atoms with Gasteiger partial charge in [-0.3, -0.25) is 0 Å². The van der Waals surface area contributed by atoms with Crippen LogP contribution in [0.25, 0.3) is 112 Å². The van der Waals surface area contributed by atoms with Gasteiger partial charge in [0.25, 0.3) is 0 Å². The number of hydrogen-bond donors (Lipinski definition) is 0. The van der Waals surface area contributed by atoms with E-state index in [-0.39, 0.29) is 0 Å². The summed E-state index contributed by atoms with van der Waals surface area (Å²) in [4.78, 5) is 20.1. The Kier molecular flexibility index (Phi) is 8.04. The van der Waals surface area contributed by atoms with Crippen LogP contribution in [0.15, 0.2) is 203 Å². The van der Waals surface area contributed by atoms with Crippen molar-refractivity contribution >= 4 is 33.0 Å². The fraction of sp³-hybridized carbons (Fsp3) is 0. The van der Waals surface area contributed by atoms with E-state index in [4.69, 9.17) is 28.8 Å². The molecule has 0 saturated heterocycles. The maximum atomic E-state index is 6.46. The van der Waals surface area contributed by atoms with E-state index in [9.17, 15) is 0 Å². The minimum Gasteiger partial charge on any atom is -0.456 e. The predicted molar refractivity (Wildman–Crippen MR) is 233 cm³/mol. The summed E-state index contributed by atoms with van der Waals surface area (Å²) >= 11 is 0. The van der Waals surface area contributed by atoms with Crippen molar-refractivity contribution in [3.8, 4) is 79.0 Å². The molecule has 0 N–H and O–H groups in total. The molecule has 272 valence electrons. The molecular weight excluding hydrogens is 713 g/mol. The minimum absolute atomic E-state index is 0.569. The van der Waals surface area contributed by atoms with Gasteiger partial charge < -0.3 is 8.83 Å². The normalized spacial score (nSPS) is 11.4. The van der Waals surface area contributed by atoms with Gasteiger partial charge in [-0.2, -0.15) is 0 Å². The fourth-order valence-corrected chi connectivity index (χ4v) is 7.69. The summed E-state index contributed by atoms with van der Waals surface area (Å²) in [5.41, 5.74) is 13.2. The monoisotopic (exact) mass is 744 g/mol. The topological polar surface area (TPSA) is 77.8 Å². The number of hydrogen-bond acceptors (Lipinski definition) is 6. The zero-order valence-electron chi connectivity index (χ0n) is 31.1. The highest BCUT2D eigenvalue weighted by Crippen LogP contribution is 2.39. The molecule has 0 fully saturated rings. The Balaban J connectivity index is 1.01. The van der Waals surface area contributed by atoms with Gasteiger partial charge in [0.2, 0.25) is 5.89 Å². The second-order valence-electron chi connectivity index (χ2n) is 14.3. The molecule has 0 atom stereocenters. The van der Waals surface area contributed by atoms with Crippen molar-refractivity contribution < 1.29 is 8.83 Å². The van der Waals surface area contributed by atoms with Crippen molar-refractivity contribution in [3.05, 3.63) is 194 Å². The average molecular weight is 745 g/mol. The van der Waals surface area contributed by atoms with Crippen molar-refractivity contribution in [2.45, 2.75) is 0 Å². The highest BCUT2D eigenvalue weighted by molar-refractivity contribution is 6.13. The fourth-order valence-electron chi connectivity index (χ4n) is 7.69. The lowest BCUT2D eigenvalue weighted by atomic mass is 10.00. The molecule has 3 heterocycles. The lowest BCUT2D eigenvalue weighted by molar-refractivity contribution is 0.620. The lowest BCUT2D eigenvalue weighted by Gasteiger charge is -2.10. The summed E-state index contributed by atoms with van der Waals surface area (Å²) in [5, 5.41) is 1.91. The molecule has 0 bridgehead atoms. The molecule has 0 unspecified atom stereocenters. The number of rotatable bonds is 7. The summed E-state index contributed by atoms with van der Waals surface area (Å²) in [6.45, 7) is 0. The van der Waals surface area contributed by atoms with E-state index in [0.717, 1.165) is 88.7 Å². The molecule has 0 aliphatic heterocycles. The largest absolute Gasteiger partial charge is 0.456 e. The standard InChI is InChI=1S/C52H32N4O2/c1-4-13-33(14-5-1)36-19-10-21-40(29-36)50-54-49(35-17-8-3-9-18-35)55-51(56-50)42-23-12-24-46-48(42)43-31-38(26-28-45(43)57-46)39-25-27-44-47(32-39)58-52(53-44)41-22-11-20-37(30-41)34-15-6-2-7-16-34/h1-32H. The van der Waals surface area contributed by atoms with Crippen molar-refractivity contribution in [1.29, 1.82) is 0 Å². The third-order valence-electron chi connectivity index (χ3n) is 10.6. The van der Waals surface area contributed by atoms with Gasteiger partial charge in [-0.15, -0.1) is 0 Å². The summed E-state index contributed by atoms with van der Waals surface area (Å²) in [6.07, 6.45) is 0. The second kappa shape index (κ2) is 14.0. The van der Waals surface area contributed by atoms with Crippen LogP contribution in [-0.4, -0.2) is 19.9 Å². The van der Waals surface area contributed by atoms with Crippen LogP contribution < -0.4 is 0 Å². The molecule has 0 aliphatic carbocycles. The van der Waals surface area contributed by atoms with Crippen molar-refractivity contribution in [1.82, 2.24) is 19.9 Å². The Morgan fingerprint density at radius 2 is 0.828 bits per heavy atom. The van der Waals surface area contributed by atoms with Gasteiger partial charge in [0.05, 0.1) is 0 Å². The molecule has 11 rings (SSSR count). The molecule has 11 aromatic rings. The summed E-state index contributed by atoms with van der Waals surface area (Å²) in [7, 11) is 0. The van der Waals surface area contributed by atoms with Crippen LogP contribution in [0.1, 0.15) is 0 Å². The van der Waals surface area contributed by atoms with Crippen LogP contribution in [0.4, 0.5) is 0 Å². The lowest BCUT2D eigenvalue weighted by Crippen LogP contribution is -2.00. The SMILES string of the molecule is c1ccc(-c2cccc(-c3nc(-c4ccccc4)nc(-c4cccc5oc6ccc(-c7ccc8nc(-c9cccc(-c%10ccccc%10)c9)oc8c7)cc6c45)n3)c2)cc1. The van der Waals surface area contributed by atoms with Crippen LogP contribution in [-0.2, 0) is 0 Å². The molecule has 3 aromatic heterocycles. The van der Waals surface area contributed by atoms with Gasteiger partial charge in [-0.05, 0) is 81.9 Å². The number of furan rings is 1. The zero-order chi connectivity index (χ0) is 38.4. The van der Waals surface area contributed by atoms with E-state index >= 15 is 0 Å². The Hall–Kier alpha value is -7.96. The summed E-state index contributed by atoms with van der Waals surface area (Å²) in [5.74, 6) is 2.35. The van der Waals surface area contributed by atoms with Gasteiger partial charge in [-0.1, -0.05) is 146 Å². The van der Waals surface area contributed by atoms with Crippen LogP contribution >= 0.6 is 0 Å². The van der Waals surface area contributed by atoms with E-state index in [2.05, 4.69) is 91.0 Å². The third-order valence-corrected chi connectivity index (χ3v) is 10.6. The minimum atomic E-state index is 0.569. The predicted octanol–water partition coefficient (Wildman–Crippen LogP) is 13.6. The Labute approximate surface area is 333 Å². The van der Waals surface area contributed by atoms with Crippen LogP contribution in [0.2, 0.25) is 0 Å². The molecule has 0 saturated carbocycles. The van der Waals surface area contributed by atoms with Crippen molar-refractivity contribution in [2.75, 3.05) is 0 Å². The number of benzene rings is 8. The number of oxazole rings is 1. The molecule has 8 aromatic carbocycles. The van der Waals surface area contributed by atoms with Gasteiger partial charge in [0.15, 0.2) is 23.1 Å². The molecule has 0 spiro atoms. The molecule has 6 heteroatoms. The first-order valence-electron chi connectivity index (χ1n) is 19.2. The average Bonchev–Trinajstić information content (AvgIpc) is 3.91. The summed E-state index contributed by atoms with van der Waals surface area (Å²) in [6, 6.07) is 65.9. The maximum Gasteiger partial charge on any atom is 0.227 e. The Morgan fingerprint density at radius 3 is 1.55 bits per heavy atom. The van der Waals surface area contributed by atoms with Gasteiger partial charge >= 0.3 is 0 Å². The van der Waals surface area contributed by atoms with Gasteiger partial charge in [0.1, 0.15) is 16.7 Å². The number of nitrogens with zero attached hydrogens (tertiary/aromatic N) is 4. The van der Waals surface area contributed by atoms with Crippen LogP contribution in [0.3, 0.4) is 0 Å². The molecule has 0 amide bonds. The first kappa shape index (κ1) is 33.4. The number of fused-ring (bicyclic) bond motifs is 4. The number of aromatic nitrogens is 4. The zero-order valence-corrected chi connectivity index (χ0v) is 31.1. The van der Waals surface area contributed by atoms with E-state index in [1.54, 1.807) is 0 Å². The molecule has 0 aliphatic rings. The highest BCUT2D eigenvalue weighted by atomic mass is 16.3. The third kappa shape index (κ3) is 6.10. The quantitative estimate of drug-likeness (QED) is 0.162. The van der Waals surface area contributed by atoms with Crippen molar-refractivity contribution in [2.24, 2.45) is 0 Å².